The van der Waals surface area contributed by atoms with Crippen molar-refractivity contribution in [1.82, 2.24) is 15.6 Å². The fraction of sp³-hybridized carbons (Fsp3) is 0.267. The lowest BCUT2D eigenvalue weighted by Crippen LogP contribution is -2.39. The number of hydrogen-bond donors (Lipinski definition) is 3. The second-order valence-corrected chi connectivity index (χ2v) is 5.19. The van der Waals surface area contributed by atoms with Gasteiger partial charge >= 0.3 is 12.6 Å². The largest absolute Gasteiger partial charge is 0.434 e. The maximum absolute atomic E-state index is 12.5. The van der Waals surface area contributed by atoms with E-state index in [0.717, 1.165) is 0 Å². The number of alkyl halides is 2. The molecule has 0 radical (unpaired) electrons. The molecule has 9 heteroatoms. The number of rotatable bonds is 4. The summed E-state index contributed by atoms with van der Waals surface area (Å²) < 4.78 is 29.4. The summed E-state index contributed by atoms with van der Waals surface area (Å²) in [5.41, 5.74) is 0.674. The Morgan fingerprint density at radius 3 is 2.92 bits per heavy atom. The molecule has 1 saturated heterocycles. The van der Waals surface area contributed by atoms with Crippen molar-refractivity contribution < 1.29 is 23.1 Å². The van der Waals surface area contributed by atoms with Crippen molar-refractivity contribution >= 4 is 28.5 Å². The molecule has 7 nitrogen and oxygen atoms in total. The van der Waals surface area contributed by atoms with E-state index in [1.165, 1.54) is 18.3 Å². The van der Waals surface area contributed by atoms with Crippen LogP contribution in [0.15, 0.2) is 30.5 Å². The molecule has 3 amide bonds. The van der Waals surface area contributed by atoms with Crippen LogP contribution >= 0.6 is 0 Å². The number of nitrogens with zero attached hydrogens (tertiary/aromatic N) is 1. The third kappa shape index (κ3) is 3.50. The molecule has 1 atom stereocenters. The van der Waals surface area contributed by atoms with E-state index in [1.54, 1.807) is 12.1 Å². The minimum atomic E-state index is -2.96. The number of nitrogens with one attached hydrogen (secondary N) is 3. The third-order valence-corrected chi connectivity index (χ3v) is 3.51. The van der Waals surface area contributed by atoms with Crippen LogP contribution in [0, 0.1) is 0 Å². The van der Waals surface area contributed by atoms with Gasteiger partial charge < -0.3 is 20.7 Å². The van der Waals surface area contributed by atoms with Gasteiger partial charge in [-0.05, 0) is 24.3 Å². The Morgan fingerprint density at radius 2 is 2.21 bits per heavy atom. The Kier molecular flexibility index (Phi) is 4.41. The number of aromatic nitrogens is 1. The minimum absolute atomic E-state index is 0.0235. The number of urea groups is 1. The van der Waals surface area contributed by atoms with E-state index in [2.05, 4.69) is 25.7 Å². The van der Waals surface area contributed by atoms with Gasteiger partial charge in [0, 0.05) is 24.5 Å². The lowest BCUT2D eigenvalue weighted by molar-refractivity contribution is -0.119. The lowest BCUT2D eigenvalue weighted by Gasteiger charge is -2.14. The number of ether oxygens (including phenoxy) is 1. The molecule has 24 heavy (non-hydrogen) atoms. The zero-order valence-electron chi connectivity index (χ0n) is 12.4. The number of pyridine rings is 1. The van der Waals surface area contributed by atoms with Crippen molar-refractivity contribution in [3.05, 3.63) is 30.5 Å². The highest BCUT2D eigenvalue weighted by Gasteiger charge is 2.23. The summed E-state index contributed by atoms with van der Waals surface area (Å²) in [7, 11) is 0. The number of fused-ring (bicyclic) bond motifs is 1. The smallest absolute Gasteiger partial charge is 0.387 e. The number of anilines is 1. The van der Waals surface area contributed by atoms with Crippen LogP contribution in [0.4, 0.5) is 19.3 Å². The molecule has 0 aliphatic carbocycles. The van der Waals surface area contributed by atoms with Crippen LogP contribution in [0.5, 0.6) is 5.75 Å². The van der Waals surface area contributed by atoms with Gasteiger partial charge in [0.2, 0.25) is 5.91 Å². The van der Waals surface area contributed by atoms with Crippen LogP contribution in [0.2, 0.25) is 0 Å². The van der Waals surface area contributed by atoms with E-state index in [0.29, 0.717) is 23.1 Å². The first kappa shape index (κ1) is 15.9. The quantitative estimate of drug-likeness (QED) is 0.794. The Morgan fingerprint density at radius 1 is 1.38 bits per heavy atom. The molecule has 1 aliphatic heterocycles. The molecular weight excluding hydrogens is 322 g/mol. The molecule has 126 valence electrons. The average Bonchev–Trinajstić information content (AvgIpc) is 2.94. The first-order valence-electron chi connectivity index (χ1n) is 7.19. The number of carbonyl (C=O) groups is 2. The second-order valence-electron chi connectivity index (χ2n) is 5.19. The SMILES string of the molecule is O=C1C[C@@H](NC(=O)Nc2ccc(OC(F)F)c3cccnc23)CN1. The first-order valence-corrected chi connectivity index (χ1v) is 7.19. The lowest BCUT2D eigenvalue weighted by atomic mass is 10.1. The van der Waals surface area contributed by atoms with Crippen LogP contribution in [0.3, 0.4) is 0 Å². The van der Waals surface area contributed by atoms with Gasteiger partial charge in [0.25, 0.3) is 0 Å². The number of amides is 3. The number of halogens is 2. The van der Waals surface area contributed by atoms with Gasteiger partial charge in [-0.2, -0.15) is 8.78 Å². The van der Waals surface area contributed by atoms with Crippen LogP contribution in [-0.2, 0) is 4.79 Å². The summed E-state index contributed by atoms with van der Waals surface area (Å²) >= 11 is 0. The highest BCUT2D eigenvalue weighted by molar-refractivity contribution is 6.02. The average molecular weight is 336 g/mol. The summed E-state index contributed by atoms with van der Waals surface area (Å²) in [6.45, 7) is -2.59. The van der Waals surface area contributed by atoms with Gasteiger partial charge in [-0.3, -0.25) is 9.78 Å². The summed E-state index contributed by atoms with van der Waals surface area (Å²) in [5, 5.41) is 8.24. The van der Waals surface area contributed by atoms with Crippen molar-refractivity contribution in [2.24, 2.45) is 0 Å². The third-order valence-electron chi connectivity index (χ3n) is 3.51. The Balaban J connectivity index is 1.79. The Labute approximate surface area is 135 Å². The van der Waals surface area contributed by atoms with E-state index in [1.807, 2.05) is 0 Å². The van der Waals surface area contributed by atoms with Crippen molar-refractivity contribution in [2.75, 3.05) is 11.9 Å². The molecule has 3 rings (SSSR count). The van der Waals surface area contributed by atoms with E-state index in [9.17, 15) is 18.4 Å². The molecule has 2 aromatic rings. The zero-order valence-corrected chi connectivity index (χ0v) is 12.4. The molecule has 0 bridgehead atoms. The van der Waals surface area contributed by atoms with Gasteiger partial charge in [0.15, 0.2) is 0 Å². The standard InChI is InChI=1S/C15H14F2N4O3/c16-14(17)24-11-4-3-10(13-9(11)2-1-5-18-13)21-15(23)20-8-6-12(22)19-7-8/h1-5,8,14H,6-7H2,(H,19,22)(H2,20,21,23)/t8-/m1/s1. The Hall–Kier alpha value is -2.97. The van der Waals surface area contributed by atoms with E-state index in [-0.39, 0.29) is 24.1 Å². The molecule has 1 fully saturated rings. The van der Waals surface area contributed by atoms with Crippen molar-refractivity contribution in [3.8, 4) is 5.75 Å². The summed E-state index contributed by atoms with van der Waals surface area (Å²) in [4.78, 5) is 27.3. The van der Waals surface area contributed by atoms with Gasteiger partial charge in [0.05, 0.1) is 17.2 Å². The fourth-order valence-electron chi connectivity index (χ4n) is 2.50. The molecule has 1 aromatic heterocycles. The van der Waals surface area contributed by atoms with Crippen molar-refractivity contribution in [2.45, 2.75) is 19.1 Å². The first-order chi connectivity index (χ1) is 11.5. The highest BCUT2D eigenvalue weighted by atomic mass is 19.3. The van der Waals surface area contributed by atoms with Gasteiger partial charge in [-0.25, -0.2) is 4.79 Å². The molecule has 1 aliphatic rings. The molecule has 1 aromatic carbocycles. The molecule has 0 unspecified atom stereocenters. The second kappa shape index (κ2) is 6.65. The maximum atomic E-state index is 12.5. The minimum Gasteiger partial charge on any atom is -0.434 e. The maximum Gasteiger partial charge on any atom is 0.387 e. The molecule has 0 saturated carbocycles. The Bertz CT molecular complexity index is 784. The van der Waals surface area contributed by atoms with Crippen LogP contribution < -0.4 is 20.7 Å². The van der Waals surface area contributed by atoms with E-state index < -0.39 is 12.6 Å². The topological polar surface area (TPSA) is 92.4 Å². The number of benzene rings is 1. The number of hydrogen-bond acceptors (Lipinski definition) is 4. The molecule has 2 heterocycles. The summed E-state index contributed by atoms with van der Waals surface area (Å²) in [5.74, 6) is -0.148. The molecular formula is C15H14F2N4O3. The molecule has 3 N–H and O–H groups in total. The molecule has 0 spiro atoms. The van der Waals surface area contributed by atoms with Crippen LogP contribution in [0.25, 0.3) is 10.9 Å². The van der Waals surface area contributed by atoms with Crippen molar-refractivity contribution in [1.29, 1.82) is 0 Å². The normalized spacial score (nSPS) is 17.0. The fourth-order valence-corrected chi connectivity index (χ4v) is 2.50. The monoisotopic (exact) mass is 336 g/mol. The van der Waals surface area contributed by atoms with Gasteiger partial charge in [0.1, 0.15) is 5.75 Å². The van der Waals surface area contributed by atoms with Gasteiger partial charge in [-0.15, -0.1) is 0 Å². The van der Waals surface area contributed by atoms with E-state index >= 15 is 0 Å². The summed E-state index contributed by atoms with van der Waals surface area (Å²) in [6, 6.07) is 5.13. The van der Waals surface area contributed by atoms with Crippen molar-refractivity contribution in [3.63, 3.8) is 0 Å². The number of carbonyl (C=O) groups excluding carboxylic acids is 2. The van der Waals surface area contributed by atoms with Crippen LogP contribution in [0.1, 0.15) is 6.42 Å². The zero-order chi connectivity index (χ0) is 17.1. The highest BCUT2D eigenvalue weighted by Crippen LogP contribution is 2.31. The predicted octanol–water partition coefficient (Wildman–Crippen LogP) is 1.85. The van der Waals surface area contributed by atoms with E-state index in [4.69, 9.17) is 0 Å². The van der Waals surface area contributed by atoms with Gasteiger partial charge in [-0.1, -0.05) is 0 Å². The predicted molar refractivity (Wildman–Crippen MR) is 81.9 cm³/mol. The van der Waals surface area contributed by atoms with Crippen LogP contribution in [-0.4, -0.2) is 36.1 Å². The summed E-state index contributed by atoms with van der Waals surface area (Å²) in [6.07, 6.45) is 1.70.